The zero-order valence-electron chi connectivity index (χ0n) is 10.4. The fraction of sp³-hybridized carbons (Fsp3) is 0.143. The molecule has 2 aromatic rings. The van der Waals surface area contributed by atoms with Crippen molar-refractivity contribution in [1.29, 1.82) is 0 Å². The van der Waals surface area contributed by atoms with E-state index < -0.39 is 11.9 Å². The highest BCUT2D eigenvalue weighted by Crippen LogP contribution is 2.26. The second-order valence-corrected chi connectivity index (χ2v) is 4.73. The van der Waals surface area contributed by atoms with Crippen LogP contribution in [0.15, 0.2) is 34.8 Å². The van der Waals surface area contributed by atoms with Gasteiger partial charge in [0.1, 0.15) is 0 Å². The minimum Gasteiger partial charge on any atom is -0.465 e. The first-order chi connectivity index (χ1) is 9.06. The number of esters is 2. The fourth-order valence-corrected chi connectivity index (χ4v) is 2.30. The first kappa shape index (κ1) is 13.5. The molecular weight excluding hydrogens is 312 g/mol. The summed E-state index contributed by atoms with van der Waals surface area (Å²) >= 11 is 3.32. The lowest BCUT2D eigenvalue weighted by Gasteiger charge is -2.06. The van der Waals surface area contributed by atoms with Crippen molar-refractivity contribution in [1.82, 2.24) is 0 Å². The molecule has 2 rings (SSSR count). The van der Waals surface area contributed by atoms with Crippen LogP contribution in [-0.2, 0) is 9.47 Å². The molecule has 0 aliphatic rings. The number of benzene rings is 2. The van der Waals surface area contributed by atoms with Gasteiger partial charge in [0.25, 0.3) is 0 Å². The maximum atomic E-state index is 11.6. The molecule has 0 atom stereocenters. The lowest BCUT2D eigenvalue weighted by molar-refractivity contribution is 0.0591. The predicted molar refractivity (Wildman–Crippen MR) is 74.3 cm³/mol. The van der Waals surface area contributed by atoms with E-state index in [1.807, 2.05) is 0 Å². The second-order valence-electron chi connectivity index (χ2n) is 3.88. The van der Waals surface area contributed by atoms with Gasteiger partial charge in [-0.3, -0.25) is 0 Å². The minimum atomic E-state index is -0.411. The van der Waals surface area contributed by atoms with Crippen LogP contribution in [0.25, 0.3) is 10.8 Å². The summed E-state index contributed by atoms with van der Waals surface area (Å²) < 4.78 is 9.99. The minimum absolute atomic E-state index is 0.393. The monoisotopic (exact) mass is 322 g/mol. The molecule has 0 saturated heterocycles. The topological polar surface area (TPSA) is 52.6 Å². The van der Waals surface area contributed by atoms with Crippen molar-refractivity contribution < 1.29 is 19.1 Å². The second kappa shape index (κ2) is 5.40. The Hall–Kier alpha value is -1.88. The van der Waals surface area contributed by atoms with E-state index >= 15 is 0 Å². The smallest absolute Gasteiger partial charge is 0.339 e. The van der Waals surface area contributed by atoms with Gasteiger partial charge in [-0.05, 0) is 51.0 Å². The van der Waals surface area contributed by atoms with E-state index in [9.17, 15) is 9.59 Å². The number of halogens is 1. The number of rotatable bonds is 2. The Balaban J connectivity index is 2.58. The van der Waals surface area contributed by atoms with Crippen molar-refractivity contribution in [3.8, 4) is 0 Å². The van der Waals surface area contributed by atoms with Crippen molar-refractivity contribution >= 4 is 38.6 Å². The third kappa shape index (κ3) is 2.61. The molecule has 0 aromatic heterocycles. The zero-order chi connectivity index (χ0) is 14.0. The molecular formula is C14H11BrO4. The van der Waals surface area contributed by atoms with Crippen molar-refractivity contribution in [2.45, 2.75) is 0 Å². The number of carbonyl (C=O) groups is 2. The maximum absolute atomic E-state index is 11.6. The molecule has 0 spiro atoms. The predicted octanol–water partition coefficient (Wildman–Crippen LogP) is 3.18. The lowest BCUT2D eigenvalue weighted by Crippen LogP contribution is -2.03. The van der Waals surface area contributed by atoms with Crippen LogP contribution in [0, 0.1) is 0 Å². The number of hydrogen-bond acceptors (Lipinski definition) is 4. The van der Waals surface area contributed by atoms with Crippen LogP contribution in [0.2, 0.25) is 0 Å². The van der Waals surface area contributed by atoms with Gasteiger partial charge in [0.2, 0.25) is 0 Å². The molecule has 0 aliphatic carbocycles. The summed E-state index contributed by atoms with van der Waals surface area (Å²) in [5.41, 5.74) is 0.911. The summed E-state index contributed by atoms with van der Waals surface area (Å²) in [6.45, 7) is 0. The van der Waals surface area contributed by atoms with Gasteiger partial charge in [0.05, 0.1) is 25.3 Å². The fourth-order valence-electron chi connectivity index (χ4n) is 1.78. The van der Waals surface area contributed by atoms with E-state index in [1.165, 1.54) is 14.2 Å². The van der Waals surface area contributed by atoms with Crippen LogP contribution < -0.4 is 0 Å². The Morgan fingerprint density at radius 2 is 1.63 bits per heavy atom. The van der Waals surface area contributed by atoms with Crippen molar-refractivity contribution in [3.05, 3.63) is 45.9 Å². The summed E-state index contributed by atoms with van der Waals surface area (Å²) in [7, 11) is 2.67. The van der Waals surface area contributed by atoms with Gasteiger partial charge in [0.15, 0.2) is 0 Å². The van der Waals surface area contributed by atoms with Gasteiger partial charge >= 0.3 is 11.9 Å². The Bertz CT molecular complexity index is 664. The van der Waals surface area contributed by atoms with E-state index in [0.717, 1.165) is 10.8 Å². The molecule has 0 bridgehead atoms. The molecule has 0 unspecified atom stereocenters. The largest absolute Gasteiger partial charge is 0.465 e. The summed E-state index contributed by atoms with van der Waals surface area (Å²) in [6, 6.07) is 8.62. The van der Waals surface area contributed by atoms with Crippen LogP contribution >= 0.6 is 15.9 Å². The van der Waals surface area contributed by atoms with E-state index in [2.05, 4.69) is 20.7 Å². The standard InChI is InChI=1S/C14H11BrO4/c1-18-13(16)9-4-3-8-6-11(14(17)19-2)12(15)7-10(8)5-9/h3-7H,1-2H3. The quantitative estimate of drug-likeness (QED) is 0.797. The first-order valence-electron chi connectivity index (χ1n) is 5.46. The molecule has 4 nitrogen and oxygen atoms in total. The van der Waals surface area contributed by atoms with Crippen LogP contribution in [0.4, 0.5) is 0 Å². The number of hydrogen-bond donors (Lipinski definition) is 0. The lowest BCUT2D eigenvalue weighted by atomic mass is 10.0. The average Bonchev–Trinajstić information content (AvgIpc) is 2.44. The number of ether oxygens (including phenoxy) is 2. The molecule has 0 saturated carbocycles. The number of methoxy groups -OCH3 is 2. The molecule has 0 N–H and O–H groups in total. The Morgan fingerprint density at radius 3 is 2.26 bits per heavy atom. The third-order valence-corrected chi connectivity index (χ3v) is 3.41. The first-order valence-corrected chi connectivity index (χ1v) is 6.26. The average molecular weight is 323 g/mol. The zero-order valence-corrected chi connectivity index (χ0v) is 12.0. The summed E-state index contributed by atoms with van der Waals surface area (Å²) in [4.78, 5) is 23.0. The van der Waals surface area contributed by atoms with Gasteiger partial charge in [-0.2, -0.15) is 0 Å². The molecule has 0 radical (unpaired) electrons. The number of fused-ring (bicyclic) bond motifs is 1. The molecule has 5 heteroatoms. The van der Waals surface area contributed by atoms with Gasteiger partial charge < -0.3 is 9.47 Å². The van der Waals surface area contributed by atoms with E-state index in [-0.39, 0.29) is 0 Å². The Labute approximate surface area is 118 Å². The van der Waals surface area contributed by atoms with Crippen LogP contribution in [0.5, 0.6) is 0 Å². The molecule has 0 fully saturated rings. The van der Waals surface area contributed by atoms with Crippen molar-refractivity contribution in [2.75, 3.05) is 14.2 Å². The van der Waals surface area contributed by atoms with Gasteiger partial charge in [0, 0.05) is 4.47 Å². The van der Waals surface area contributed by atoms with Gasteiger partial charge in [-0.25, -0.2) is 9.59 Å². The van der Waals surface area contributed by atoms with Crippen LogP contribution in [-0.4, -0.2) is 26.2 Å². The van der Waals surface area contributed by atoms with Crippen LogP contribution in [0.3, 0.4) is 0 Å². The maximum Gasteiger partial charge on any atom is 0.339 e. The van der Waals surface area contributed by atoms with Crippen molar-refractivity contribution in [2.24, 2.45) is 0 Å². The summed E-state index contributed by atoms with van der Waals surface area (Å²) in [5.74, 6) is -0.805. The SMILES string of the molecule is COC(=O)c1ccc2cc(C(=O)OC)c(Br)cc2c1. The van der Waals surface area contributed by atoms with Gasteiger partial charge in [-0.1, -0.05) is 6.07 Å². The molecule has 98 valence electrons. The van der Waals surface area contributed by atoms with Gasteiger partial charge in [-0.15, -0.1) is 0 Å². The third-order valence-electron chi connectivity index (χ3n) is 2.75. The molecule has 19 heavy (non-hydrogen) atoms. The van der Waals surface area contributed by atoms with E-state index in [1.54, 1.807) is 30.3 Å². The Kier molecular flexibility index (Phi) is 3.85. The van der Waals surface area contributed by atoms with Crippen LogP contribution in [0.1, 0.15) is 20.7 Å². The molecule has 2 aromatic carbocycles. The molecule has 0 amide bonds. The highest BCUT2D eigenvalue weighted by atomic mass is 79.9. The molecule has 0 aliphatic heterocycles. The molecule has 0 heterocycles. The highest BCUT2D eigenvalue weighted by Gasteiger charge is 2.13. The summed E-state index contributed by atoms with van der Waals surface area (Å²) in [6.07, 6.45) is 0. The van der Waals surface area contributed by atoms with E-state index in [0.29, 0.717) is 15.6 Å². The Morgan fingerprint density at radius 1 is 0.947 bits per heavy atom. The highest BCUT2D eigenvalue weighted by molar-refractivity contribution is 9.10. The number of carbonyl (C=O) groups excluding carboxylic acids is 2. The summed E-state index contributed by atoms with van der Waals surface area (Å²) in [5, 5.41) is 1.68. The van der Waals surface area contributed by atoms with E-state index in [4.69, 9.17) is 4.74 Å². The van der Waals surface area contributed by atoms with Crippen molar-refractivity contribution in [3.63, 3.8) is 0 Å². The normalized spacial score (nSPS) is 10.3.